The summed E-state index contributed by atoms with van der Waals surface area (Å²) in [6.45, 7) is 0. The van der Waals surface area contributed by atoms with Gasteiger partial charge in [0.15, 0.2) is 0 Å². The number of hydrogen-bond acceptors (Lipinski definition) is 1. The van der Waals surface area contributed by atoms with Gasteiger partial charge in [0.2, 0.25) is 0 Å². The van der Waals surface area contributed by atoms with Crippen LogP contribution in [-0.2, 0) is 0 Å². The zero-order valence-electron chi connectivity index (χ0n) is 25.6. The third-order valence-electron chi connectivity index (χ3n) is 9.87. The Balaban J connectivity index is 1.27. The fourth-order valence-electron chi connectivity index (χ4n) is 7.81. The molecule has 0 fully saturated rings. The molecule has 0 aliphatic carbocycles. The Kier molecular flexibility index (Phi) is 5.64. The third-order valence-corrected chi connectivity index (χ3v) is 9.87. The molecular weight excluding hydrogens is 569 g/mol. The van der Waals surface area contributed by atoms with Gasteiger partial charge in [-0.3, -0.25) is 0 Å². The normalized spacial score (nSPS) is 11.8. The van der Waals surface area contributed by atoms with Gasteiger partial charge >= 0.3 is 0 Å². The molecular formula is C46H28O. The van der Waals surface area contributed by atoms with Crippen molar-refractivity contribution in [2.24, 2.45) is 0 Å². The van der Waals surface area contributed by atoms with E-state index in [1.807, 2.05) is 12.1 Å². The van der Waals surface area contributed by atoms with Crippen LogP contribution >= 0.6 is 0 Å². The molecule has 0 N–H and O–H groups in total. The predicted octanol–water partition coefficient (Wildman–Crippen LogP) is 13.2. The van der Waals surface area contributed by atoms with Crippen LogP contribution in [0, 0.1) is 0 Å². The lowest BCUT2D eigenvalue weighted by molar-refractivity contribution is 0.669. The smallest absolute Gasteiger partial charge is 0.135 e. The van der Waals surface area contributed by atoms with Crippen molar-refractivity contribution in [3.8, 4) is 33.4 Å². The lowest BCUT2D eigenvalue weighted by Crippen LogP contribution is -1.93. The van der Waals surface area contributed by atoms with Crippen molar-refractivity contribution in [3.05, 3.63) is 170 Å². The Bertz CT molecular complexity index is 2790. The number of furan rings is 1. The summed E-state index contributed by atoms with van der Waals surface area (Å²) in [7, 11) is 0. The van der Waals surface area contributed by atoms with E-state index in [9.17, 15) is 0 Å². The second-order valence-corrected chi connectivity index (χ2v) is 12.4. The molecule has 1 aromatic heterocycles. The molecule has 0 saturated carbocycles. The summed E-state index contributed by atoms with van der Waals surface area (Å²) in [5.41, 5.74) is 9.33. The Morgan fingerprint density at radius 1 is 0.277 bits per heavy atom. The molecule has 0 aliphatic heterocycles. The summed E-state index contributed by atoms with van der Waals surface area (Å²) < 4.78 is 6.15. The van der Waals surface area contributed by atoms with E-state index in [0.717, 1.165) is 21.9 Å². The van der Waals surface area contributed by atoms with Crippen LogP contribution in [0.5, 0.6) is 0 Å². The number of benzene rings is 9. The van der Waals surface area contributed by atoms with Crippen LogP contribution in [0.15, 0.2) is 174 Å². The van der Waals surface area contributed by atoms with Crippen LogP contribution in [0.4, 0.5) is 0 Å². The minimum absolute atomic E-state index is 0.917. The van der Waals surface area contributed by atoms with Crippen LogP contribution < -0.4 is 0 Å². The third kappa shape index (κ3) is 3.90. The Hall–Kier alpha value is -6.18. The second-order valence-electron chi connectivity index (χ2n) is 12.4. The van der Waals surface area contributed by atoms with Crippen molar-refractivity contribution in [1.29, 1.82) is 0 Å². The van der Waals surface area contributed by atoms with Crippen LogP contribution in [0.1, 0.15) is 0 Å². The predicted molar refractivity (Wildman–Crippen MR) is 200 cm³/mol. The van der Waals surface area contributed by atoms with E-state index in [2.05, 4.69) is 158 Å². The molecule has 0 amide bonds. The molecule has 1 heteroatoms. The van der Waals surface area contributed by atoms with Crippen molar-refractivity contribution < 1.29 is 4.42 Å². The fraction of sp³-hybridized carbons (Fsp3) is 0. The summed E-state index contributed by atoms with van der Waals surface area (Å²) in [4.78, 5) is 0. The first kappa shape index (κ1) is 26.1. The maximum atomic E-state index is 6.15. The van der Waals surface area contributed by atoms with Gasteiger partial charge in [-0.1, -0.05) is 152 Å². The summed E-state index contributed by atoms with van der Waals surface area (Å²) in [5.74, 6) is 0. The summed E-state index contributed by atoms with van der Waals surface area (Å²) in [6.07, 6.45) is 0. The van der Waals surface area contributed by atoms with E-state index < -0.39 is 0 Å². The quantitative estimate of drug-likeness (QED) is 0.185. The molecule has 10 aromatic rings. The minimum Gasteiger partial charge on any atom is -0.456 e. The first-order chi connectivity index (χ1) is 23.3. The van der Waals surface area contributed by atoms with Gasteiger partial charge in [0.1, 0.15) is 11.2 Å². The van der Waals surface area contributed by atoms with Crippen LogP contribution in [-0.4, -0.2) is 0 Å². The van der Waals surface area contributed by atoms with Crippen molar-refractivity contribution in [3.63, 3.8) is 0 Å². The Morgan fingerprint density at radius 3 is 1.43 bits per heavy atom. The highest BCUT2D eigenvalue weighted by atomic mass is 16.3. The van der Waals surface area contributed by atoms with E-state index in [1.54, 1.807) is 0 Å². The molecule has 218 valence electrons. The maximum Gasteiger partial charge on any atom is 0.135 e. The minimum atomic E-state index is 0.917. The molecule has 1 nitrogen and oxygen atoms in total. The second kappa shape index (κ2) is 10.2. The molecule has 0 unspecified atom stereocenters. The average molecular weight is 597 g/mol. The topological polar surface area (TPSA) is 13.1 Å². The molecule has 0 saturated heterocycles. The monoisotopic (exact) mass is 596 g/mol. The number of rotatable bonds is 3. The van der Waals surface area contributed by atoms with Crippen molar-refractivity contribution >= 4 is 65.0 Å². The van der Waals surface area contributed by atoms with E-state index in [0.29, 0.717) is 0 Å². The SMILES string of the molecule is c1ccc2c(-c3c4ccccc4c(-c4ccc(-c5ccc6oc7ccccc7c6c5)c5ccccc45)c4ccccc34)cccc2c1. The largest absolute Gasteiger partial charge is 0.456 e. The average Bonchev–Trinajstić information content (AvgIpc) is 3.51. The highest BCUT2D eigenvalue weighted by Gasteiger charge is 2.20. The number of para-hydroxylation sites is 1. The first-order valence-electron chi connectivity index (χ1n) is 16.2. The van der Waals surface area contributed by atoms with Crippen molar-refractivity contribution in [2.75, 3.05) is 0 Å². The van der Waals surface area contributed by atoms with Crippen molar-refractivity contribution in [1.82, 2.24) is 0 Å². The van der Waals surface area contributed by atoms with Crippen molar-refractivity contribution in [2.45, 2.75) is 0 Å². The Morgan fingerprint density at radius 2 is 0.745 bits per heavy atom. The molecule has 0 aliphatic rings. The Labute approximate surface area is 271 Å². The lowest BCUT2D eigenvalue weighted by Gasteiger charge is -2.20. The standard InChI is InChI=1S/C46H28O/c1-2-14-31-29(12-1)13-11-22-36(31)45-37-18-5-7-20-39(37)46(40-21-8-6-19-38(40)45)41-26-25-32(33-15-3-4-16-34(33)41)30-24-27-44-42(28-30)35-17-9-10-23-43(35)47-44/h1-28H. The van der Waals surface area contributed by atoms with Gasteiger partial charge in [-0.2, -0.15) is 0 Å². The van der Waals surface area contributed by atoms with E-state index in [1.165, 1.54) is 76.5 Å². The van der Waals surface area contributed by atoms with Gasteiger partial charge in [-0.15, -0.1) is 0 Å². The highest BCUT2D eigenvalue weighted by Crippen LogP contribution is 2.47. The first-order valence-corrected chi connectivity index (χ1v) is 16.2. The van der Waals surface area contributed by atoms with Gasteiger partial charge in [-0.05, 0) is 94.7 Å². The molecule has 0 spiro atoms. The molecule has 0 bridgehead atoms. The maximum absolute atomic E-state index is 6.15. The van der Waals surface area contributed by atoms with Crippen LogP contribution in [0.3, 0.4) is 0 Å². The zero-order valence-corrected chi connectivity index (χ0v) is 25.6. The van der Waals surface area contributed by atoms with Gasteiger partial charge in [0, 0.05) is 10.8 Å². The number of fused-ring (bicyclic) bond motifs is 7. The van der Waals surface area contributed by atoms with Crippen LogP contribution in [0.25, 0.3) is 98.4 Å². The molecule has 1 heterocycles. The summed E-state index contributed by atoms with van der Waals surface area (Å²) in [6, 6.07) is 61.7. The summed E-state index contributed by atoms with van der Waals surface area (Å²) >= 11 is 0. The number of hydrogen-bond donors (Lipinski definition) is 0. The molecule has 10 rings (SSSR count). The van der Waals surface area contributed by atoms with Crippen LogP contribution in [0.2, 0.25) is 0 Å². The van der Waals surface area contributed by atoms with E-state index in [-0.39, 0.29) is 0 Å². The highest BCUT2D eigenvalue weighted by molar-refractivity contribution is 6.25. The van der Waals surface area contributed by atoms with Gasteiger partial charge < -0.3 is 4.42 Å². The molecule has 0 atom stereocenters. The fourth-order valence-corrected chi connectivity index (χ4v) is 7.81. The zero-order chi connectivity index (χ0) is 30.9. The van der Waals surface area contributed by atoms with Gasteiger partial charge in [0.05, 0.1) is 0 Å². The molecule has 47 heavy (non-hydrogen) atoms. The molecule has 9 aromatic carbocycles. The lowest BCUT2D eigenvalue weighted by atomic mass is 9.83. The van der Waals surface area contributed by atoms with E-state index >= 15 is 0 Å². The van der Waals surface area contributed by atoms with Gasteiger partial charge in [0.25, 0.3) is 0 Å². The van der Waals surface area contributed by atoms with E-state index in [4.69, 9.17) is 4.42 Å². The summed E-state index contributed by atoms with van der Waals surface area (Å²) in [5, 5.41) is 12.4. The molecule has 0 radical (unpaired) electrons. The van der Waals surface area contributed by atoms with Gasteiger partial charge in [-0.25, -0.2) is 0 Å².